The lowest BCUT2D eigenvalue weighted by Crippen LogP contribution is -2.44. The van der Waals surface area contributed by atoms with E-state index in [0.717, 1.165) is 50.0 Å². The van der Waals surface area contributed by atoms with Gasteiger partial charge in [0.1, 0.15) is 6.54 Å². The molecule has 0 radical (unpaired) electrons. The average molecular weight is 370 g/mol. The minimum Gasteiger partial charge on any atom is -0.359 e. The number of rotatable bonds is 8. The molecule has 1 aromatic heterocycles. The maximum atomic E-state index is 5.32. The van der Waals surface area contributed by atoms with Gasteiger partial charge in [-0.2, -0.15) is 0 Å². The molecule has 1 aliphatic rings. The Kier molecular flexibility index (Phi) is 7.27. The summed E-state index contributed by atoms with van der Waals surface area (Å²) in [5.41, 5.74) is 2.35. The van der Waals surface area contributed by atoms with E-state index in [-0.39, 0.29) is 0 Å². The lowest BCUT2D eigenvalue weighted by Gasteiger charge is -2.25. The highest BCUT2D eigenvalue weighted by atomic mass is 16.5. The summed E-state index contributed by atoms with van der Waals surface area (Å²) < 4.78 is 5.32. The summed E-state index contributed by atoms with van der Waals surface area (Å²) in [5, 5.41) is 10.9. The fraction of sp³-hybridized carbons (Fsp3) is 0.524. The molecular formula is C21H31N5O. The van der Waals surface area contributed by atoms with Crippen molar-refractivity contribution in [3.8, 4) is 0 Å². The molecule has 0 amide bonds. The van der Waals surface area contributed by atoms with E-state index in [0.29, 0.717) is 12.6 Å². The fourth-order valence-electron chi connectivity index (χ4n) is 3.46. The fourth-order valence-corrected chi connectivity index (χ4v) is 3.46. The second-order valence-corrected chi connectivity index (χ2v) is 6.97. The van der Waals surface area contributed by atoms with Gasteiger partial charge in [0.15, 0.2) is 11.7 Å². The Labute approximate surface area is 162 Å². The summed E-state index contributed by atoms with van der Waals surface area (Å²) >= 11 is 0. The van der Waals surface area contributed by atoms with Crippen LogP contribution in [0.1, 0.15) is 43.7 Å². The van der Waals surface area contributed by atoms with Crippen LogP contribution in [0.4, 0.5) is 0 Å². The van der Waals surface area contributed by atoms with Crippen LogP contribution in [0.3, 0.4) is 0 Å². The second-order valence-electron chi connectivity index (χ2n) is 6.97. The molecule has 1 saturated heterocycles. The zero-order valence-corrected chi connectivity index (χ0v) is 16.4. The first-order valence-corrected chi connectivity index (χ1v) is 10.0. The SMILES string of the molecule is CCNC(=NCc1cc(CC)no1)NCC1CCCN1Cc1ccccc1. The van der Waals surface area contributed by atoms with E-state index in [9.17, 15) is 0 Å². The summed E-state index contributed by atoms with van der Waals surface area (Å²) in [6, 6.07) is 13.2. The zero-order valence-electron chi connectivity index (χ0n) is 16.4. The highest BCUT2D eigenvalue weighted by Crippen LogP contribution is 2.19. The molecule has 2 N–H and O–H groups in total. The predicted octanol–water partition coefficient (Wildman–Crippen LogP) is 2.96. The quantitative estimate of drug-likeness (QED) is 0.553. The van der Waals surface area contributed by atoms with Crippen LogP contribution in [-0.4, -0.2) is 41.7 Å². The zero-order chi connectivity index (χ0) is 18.9. The van der Waals surface area contributed by atoms with Crippen LogP contribution in [0.5, 0.6) is 0 Å². The van der Waals surface area contributed by atoms with Gasteiger partial charge in [-0.3, -0.25) is 4.90 Å². The van der Waals surface area contributed by atoms with Crippen LogP contribution in [0.25, 0.3) is 0 Å². The Morgan fingerprint density at radius 1 is 1.26 bits per heavy atom. The molecule has 1 aliphatic heterocycles. The Bertz CT molecular complexity index is 712. The number of aromatic nitrogens is 1. The molecule has 146 valence electrons. The standard InChI is InChI=1S/C21H31N5O/c1-3-18-13-20(27-25-18)15-24-21(22-4-2)23-14-19-11-8-12-26(19)16-17-9-6-5-7-10-17/h5-7,9-10,13,19H,3-4,8,11-12,14-16H2,1-2H3,(H2,22,23,24). The summed E-state index contributed by atoms with van der Waals surface area (Å²) in [6.07, 6.45) is 3.36. The number of aliphatic imine (C=N–C) groups is 1. The molecule has 6 heteroatoms. The molecule has 0 spiro atoms. The molecule has 0 saturated carbocycles. The second kappa shape index (κ2) is 10.1. The monoisotopic (exact) mass is 369 g/mol. The van der Waals surface area contributed by atoms with Gasteiger partial charge in [-0.25, -0.2) is 4.99 Å². The van der Waals surface area contributed by atoms with Gasteiger partial charge >= 0.3 is 0 Å². The van der Waals surface area contributed by atoms with Crippen molar-refractivity contribution in [2.75, 3.05) is 19.6 Å². The number of hydrogen-bond donors (Lipinski definition) is 2. The first-order valence-electron chi connectivity index (χ1n) is 10.0. The van der Waals surface area contributed by atoms with Gasteiger partial charge in [0, 0.05) is 31.7 Å². The van der Waals surface area contributed by atoms with Crippen molar-refractivity contribution >= 4 is 5.96 Å². The third-order valence-corrected chi connectivity index (χ3v) is 4.94. The molecule has 2 heterocycles. The Morgan fingerprint density at radius 2 is 2.11 bits per heavy atom. The van der Waals surface area contributed by atoms with Crippen molar-refractivity contribution in [3.63, 3.8) is 0 Å². The lowest BCUT2D eigenvalue weighted by atomic mass is 10.2. The topological polar surface area (TPSA) is 65.7 Å². The van der Waals surface area contributed by atoms with Gasteiger partial charge in [-0.05, 0) is 38.3 Å². The van der Waals surface area contributed by atoms with Crippen molar-refractivity contribution in [3.05, 3.63) is 53.4 Å². The van der Waals surface area contributed by atoms with Gasteiger partial charge in [0.25, 0.3) is 0 Å². The van der Waals surface area contributed by atoms with Crippen molar-refractivity contribution in [1.82, 2.24) is 20.7 Å². The van der Waals surface area contributed by atoms with Crippen LogP contribution < -0.4 is 10.6 Å². The number of guanidine groups is 1. The third-order valence-electron chi connectivity index (χ3n) is 4.94. The normalized spacial score (nSPS) is 18.0. The molecule has 2 aromatic rings. The summed E-state index contributed by atoms with van der Waals surface area (Å²) in [4.78, 5) is 7.21. The van der Waals surface area contributed by atoms with Crippen LogP contribution in [0.2, 0.25) is 0 Å². The highest BCUT2D eigenvalue weighted by Gasteiger charge is 2.24. The summed E-state index contributed by atoms with van der Waals surface area (Å²) in [7, 11) is 0. The van der Waals surface area contributed by atoms with Gasteiger partial charge in [0.2, 0.25) is 0 Å². The van der Waals surface area contributed by atoms with E-state index in [1.807, 2.05) is 6.07 Å². The van der Waals surface area contributed by atoms with Crippen molar-refractivity contribution < 1.29 is 4.52 Å². The molecule has 1 aromatic carbocycles. The predicted molar refractivity (Wildman–Crippen MR) is 109 cm³/mol. The maximum Gasteiger partial charge on any atom is 0.191 e. The minimum atomic E-state index is 0.501. The summed E-state index contributed by atoms with van der Waals surface area (Å²) in [5.74, 6) is 1.63. The van der Waals surface area contributed by atoms with Gasteiger partial charge < -0.3 is 15.2 Å². The number of nitrogens with one attached hydrogen (secondary N) is 2. The van der Waals surface area contributed by atoms with Crippen LogP contribution >= 0.6 is 0 Å². The molecule has 0 bridgehead atoms. The van der Waals surface area contributed by atoms with Crippen molar-refractivity contribution in [2.45, 2.75) is 52.2 Å². The molecule has 1 atom stereocenters. The van der Waals surface area contributed by atoms with Gasteiger partial charge in [0.05, 0.1) is 5.69 Å². The van der Waals surface area contributed by atoms with Crippen LogP contribution in [0, 0.1) is 0 Å². The molecule has 1 fully saturated rings. The largest absolute Gasteiger partial charge is 0.359 e. The molecule has 6 nitrogen and oxygen atoms in total. The molecule has 1 unspecified atom stereocenters. The number of hydrogen-bond acceptors (Lipinski definition) is 4. The average Bonchev–Trinajstić information content (AvgIpc) is 3.34. The molecule has 3 rings (SSSR count). The van der Waals surface area contributed by atoms with E-state index in [1.165, 1.54) is 18.4 Å². The highest BCUT2D eigenvalue weighted by molar-refractivity contribution is 5.79. The number of aryl methyl sites for hydroxylation is 1. The van der Waals surface area contributed by atoms with Gasteiger partial charge in [-0.1, -0.05) is 42.4 Å². The van der Waals surface area contributed by atoms with E-state index < -0.39 is 0 Å². The molecule has 0 aliphatic carbocycles. The first-order chi connectivity index (χ1) is 13.3. The van der Waals surface area contributed by atoms with E-state index in [1.54, 1.807) is 0 Å². The van der Waals surface area contributed by atoms with Crippen LogP contribution in [0.15, 0.2) is 45.9 Å². The van der Waals surface area contributed by atoms with Crippen molar-refractivity contribution in [2.24, 2.45) is 4.99 Å². The van der Waals surface area contributed by atoms with Gasteiger partial charge in [-0.15, -0.1) is 0 Å². The Balaban J connectivity index is 1.53. The number of nitrogens with zero attached hydrogens (tertiary/aromatic N) is 3. The first kappa shape index (κ1) is 19.4. The third kappa shape index (κ3) is 5.82. The molecule has 27 heavy (non-hydrogen) atoms. The van der Waals surface area contributed by atoms with Crippen LogP contribution in [-0.2, 0) is 19.5 Å². The van der Waals surface area contributed by atoms with E-state index in [2.05, 4.69) is 69.9 Å². The number of benzene rings is 1. The lowest BCUT2D eigenvalue weighted by molar-refractivity contribution is 0.245. The molecular weight excluding hydrogens is 338 g/mol. The smallest absolute Gasteiger partial charge is 0.191 e. The maximum absolute atomic E-state index is 5.32. The Hall–Kier alpha value is -2.34. The van der Waals surface area contributed by atoms with E-state index in [4.69, 9.17) is 4.52 Å². The number of likely N-dealkylation sites (tertiary alicyclic amines) is 1. The van der Waals surface area contributed by atoms with E-state index >= 15 is 0 Å². The minimum absolute atomic E-state index is 0.501. The summed E-state index contributed by atoms with van der Waals surface area (Å²) in [6.45, 7) is 8.56. The Morgan fingerprint density at radius 3 is 2.85 bits per heavy atom. The van der Waals surface area contributed by atoms with Crippen molar-refractivity contribution in [1.29, 1.82) is 0 Å².